The highest BCUT2D eigenvalue weighted by molar-refractivity contribution is 7.90. The van der Waals surface area contributed by atoms with Gasteiger partial charge in [-0.3, -0.25) is 0 Å². The molecule has 2 aromatic carbocycles. The first-order chi connectivity index (χ1) is 10.9. The molecule has 0 aliphatic rings. The second kappa shape index (κ2) is 5.81. The van der Waals surface area contributed by atoms with Crippen molar-refractivity contribution >= 4 is 20.9 Å². The van der Waals surface area contributed by atoms with Gasteiger partial charge >= 0.3 is 0 Å². The molecule has 4 nitrogen and oxygen atoms in total. The number of para-hydroxylation sites is 2. The number of imidazole rings is 1. The summed E-state index contributed by atoms with van der Waals surface area (Å²) in [6.07, 6.45) is 1.20. The van der Waals surface area contributed by atoms with Crippen molar-refractivity contribution in [1.82, 2.24) is 9.55 Å². The van der Waals surface area contributed by atoms with Gasteiger partial charge in [-0.05, 0) is 29.2 Å². The maximum Gasteiger partial charge on any atom is 0.228 e. The molecule has 1 heterocycles. The van der Waals surface area contributed by atoms with Crippen LogP contribution in [0.2, 0.25) is 0 Å². The van der Waals surface area contributed by atoms with Crippen LogP contribution in [0.25, 0.3) is 11.0 Å². The van der Waals surface area contributed by atoms with Gasteiger partial charge in [0.1, 0.15) is 0 Å². The van der Waals surface area contributed by atoms with E-state index >= 15 is 0 Å². The molecule has 3 rings (SSSR count). The Hall–Kier alpha value is -2.14. The second-order valence-electron chi connectivity index (χ2n) is 6.14. The number of aromatic nitrogens is 2. The maximum absolute atomic E-state index is 12.1. The monoisotopic (exact) mass is 328 g/mol. The fourth-order valence-electron chi connectivity index (χ4n) is 2.68. The Morgan fingerprint density at radius 3 is 2.30 bits per heavy atom. The molecule has 0 spiro atoms. The van der Waals surface area contributed by atoms with E-state index in [1.807, 2.05) is 24.3 Å². The Morgan fingerprint density at radius 1 is 1.04 bits per heavy atom. The van der Waals surface area contributed by atoms with Crippen LogP contribution >= 0.6 is 0 Å². The summed E-state index contributed by atoms with van der Waals surface area (Å²) in [5.41, 5.74) is 3.86. The highest BCUT2D eigenvalue weighted by Gasteiger charge is 2.19. The lowest BCUT2D eigenvalue weighted by atomic mass is 10.0. The number of hydrogen-bond donors (Lipinski definition) is 0. The lowest BCUT2D eigenvalue weighted by molar-refractivity contribution is 0.581. The van der Waals surface area contributed by atoms with Crippen molar-refractivity contribution in [3.05, 3.63) is 59.7 Å². The molecule has 120 valence electrons. The Kier molecular flexibility index (Phi) is 3.98. The maximum atomic E-state index is 12.1. The molecule has 0 N–H and O–H groups in total. The third-order valence-electron chi connectivity index (χ3n) is 3.94. The van der Waals surface area contributed by atoms with Gasteiger partial charge < -0.3 is 4.57 Å². The average molecular weight is 328 g/mol. The molecule has 0 bridgehead atoms. The molecule has 0 atom stereocenters. The van der Waals surface area contributed by atoms with Crippen LogP contribution in [0.1, 0.15) is 30.9 Å². The number of benzene rings is 2. The Morgan fingerprint density at radius 2 is 1.70 bits per heavy atom. The number of rotatable bonds is 4. The molecule has 0 saturated carbocycles. The molecule has 0 saturated heterocycles. The fraction of sp³-hybridized carbons (Fsp3) is 0.278. The molecular formula is C18H20N2O2S. The standard InChI is InChI=1S/C18H20N2O2S/c1-13(2)15-10-8-14(9-11-15)12-20-17-7-5-4-6-16(17)19-18(20)23(3,21)22/h4-11,13H,12H2,1-3H3. The van der Waals surface area contributed by atoms with Crippen molar-refractivity contribution in [2.75, 3.05) is 6.26 Å². The molecule has 0 amide bonds. The second-order valence-corrected chi connectivity index (χ2v) is 8.05. The first-order valence-corrected chi connectivity index (χ1v) is 9.49. The highest BCUT2D eigenvalue weighted by atomic mass is 32.2. The predicted octanol–water partition coefficient (Wildman–Crippen LogP) is 3.61. The Bertz CT molecular complexity index is 939. The predicted molar refractivity (Wildman–Crippen MR) is 92.5 cm³/mol. The van der Waals surface area contributed by atoms with Crippen LogP contribution < -0.4 is 0 Å². The van der Waals surface area contributed by atoms with E-state index in [-0.39, 0.29) is 5.16 Å². The summed E-state index contributed by atoms with van der Waals surface area (Å²) < 4.78 is 25.9. The van der Waals surface area contributed by atoms with Gasteiger partial charge in [0.05, 0.1) is 17.6 Å². The summed E-state index contributed by atoms with van der Waals surface area (Å²) in [6.45, 7) is 4.79. The smallest absolute Gasteiger partial charge is 0.228 e. The number of nitrogens with zero attached hydrogens (tertiary/aromatic N) is 2. The molecule has 0 fully saturated rings. The minimum absolute atomic E-state index is 0.117. The van der Waals surface area contributed by atoms with Gasteiger partial charge in [0.15, 0.2) is 0 Å². The van der Waals surface area contributed by atoms with Crippen LogP contribution in [0.5, 0.6) is 0 Å². The van der Waals surface area contributed by atoms with Crippen LogP contribution in [0.3, 0.4) is 0 Å². The van der Waals surface area contributed by atoms with E-state index in [1.54, 1.807) is 4.57 Å². The topological polar surface area (TPSA) is 52.0 Å². The molecule has 0 aliphatic heterocycles. The van der Waals surface area contributed by atoms with Gasteiger partial charge in [0.25, 0.3) is 0 Å². The number of sulfone groups is 1. The van der Waals surface area contributed by atoms with E-state index in [0.29, 0.717) is 18.0 Å². The van der Waals surface area contributed by atoms with Gasteiger partial charge in [-0.2, -0.15) is 0 Å². The van der Waals surface area contributed by atoms with Crippen molar-refractivity contribution in [1.29, 1.82) is 0 Å². The van der Waals surface area contributed by atoms with Crippen molar-refractivity contribution in [2.24, 2.45) is 0 Å². The van der Waals surface area contributed by atoms with Crippen LogP contribution in [-0.2, 0) is 16.4 Å². The van der Waals surface area contributed by atoms with Crippen LogP contribution in [0.4, 0.5) is 0 Å². The molecule has 0 aliphatic carbocycles. The summed E-state index contributed by atoms with van der Waals surface area (Å²) in [5.74, 6) is 0.477. The third kappa shape index (κ3) is 3.15. The summed E-state index contributed by atoms with van der Waals surface area (Å²) in [5, 5.41) is 0.117. The summed E-state index contributed by atoms with van der Waals surface area (Å²) >= 11 is 0. The fourth-order valence-corrected chi connectivity index (χ4v) is 3.51. The molecule has 23 heavy (non-hydrogen) atoms. The van der Waals surface area contributed by atoms with Gasteiger partial charge in [0.2, 0.25) is 15.0 Å². The molecule has 3 aromatic rings. The van der Waals surface area contributed by atoms with Crippen molar-refractivity contribution in [3.63, 3.8) is 0 Å². The normalized spacial score (nSPS) is 12.2. The molecule has 0 radical (unpaired) electrons. The minimum Gasteiger partial charge on any atom is -0.310 e. The lowest BCUT2D eigenvalue weighted by Gasteiger charge is -2.10. The van der Waals surface area contributed by atoms with E-state index in [1.165, 1.54) is 11.8 Å². The lowest BCUT2D eigenvalue weighted by Crippen LogP contribution is -2.10. The first-order valence-electron chi connectivity index (χ1n) is 7.60. The first kappa shape index (κ1) is 15.7. The van der Waals surface area contributed by atoms with Crippen molar-refractivity contribution in [2.45, 2.75) is 31.5 Å². The molecule has 0 unspecified atom stereocenters. The molecule has 1 aromatic heterocycles. The van der Waals surface area contributed by atoms with E-state index in [0.717, 1.165) is 11.1 Å². The van der Waals surface area contributed by atoms with Gasteiger partial charge in [-0.15, -0.1) is 0 Å². The molecular weight excluding hydrogens is 308 g/mol. The van der Waals surface area contributed by atoms with E-state index < -0.39 is 9.84 Å². The minimum atomic E-state index is -3.39. The zero-order valence-electron chi connectivity index (χ0n) is 13.5. The van der Waals surface area contributed by atoms with Gasteiger partial charge in [0, 0.05) is 6.26 Å². The van der Waals surface area contributed by atoms with E-state index in [2.05, 4.69) is 43.1 Å². The van der Waals surface area contributed by atoms with Gasteiger partial charge in [-0.1, -0.05) is 50.2 Å². The number of hydrogen-bond acceptors (Lipinski definition) is 3. The zero-order chi connectivity index (χ0) is 16.6. The van der Waals surface area contributed by atoms with E-state index in [9.17, 15) is 8.42 Å². The Balaban J connectivity index is 2.08. The van der Waals surface area contributed by atoms with Gasteiger partial charge in [-0.25, -0.2) is 13.4 Å². The third-order valence-corrected chi connectivity index (χ3v) is 4.91. The summed E-state index contributed by atoms with van der Waals surface area (Å²) in [7, 11) is -3.39. The van der Waals surface area contributed by atoms with Crippen LogP contribution in [0.15, 0.2) is 53.7 Å². The zero-order valence-corrected chi connectivity index (χ0v) is 14.3. The quantitative estimate of drug-likeness (QED) is 0.735. The summed E-state index contributed by atoms with van der Waals surface area (Å²) in [4.78, 5) is 4.30. The van der Waals surface area contributed by atoms with E-state index in [4.69, 9.17) is 0 Å². The summed E-state index contributed by atoms with van der Waals surface area (Å²) in [6, 6.07) is 15.8. The molecule has 5 heteroatoms. The number of fused-ring (bicyclic) bond motifs is 1. The van der Waals surface area contributed by atoms with Crippen LogP contribution in [0, 0.1) is 0 Å². The largest absolute Gasteiger partial charge is 0.310 e. The highest BCUT2D eigenvalue weighted by Crippen LogP contribution is 2.22. The average Bonchev–Trinajstić information content (AvgIpc) is 2.87. The Labute approximate surface area is 136 Å². The van der Waals surface area contributed by atoms with Crippen LogP contribution in [-0.4, -0.2) is 24.2 Å². The SMILES string of the molecule is CC(C)c1ccc(Cn2c(S(C)(=O)=O)nc3ccccc32)cc1. The van der Waals surface area contributed by atoms with Crippen molar-refractivity contribution < 1.29 is 8.42 Å². The van der Waals surface area contributed by atoms with Crippen molar-refractivity contribution in [3.8, 4) is 0 Å².